The number of halogens is 2. The molecule has 0 amide bonds. The predicted molar refractivity (Wildman–Crippen MR) is 97.6 cm³/mol. The summed E-state index contributed by atoms with van der Waals surface area (Å²) >= 11 is 11.6. The highest BCUT2D eigenvalue weighted by Crippen LogP contribution is 2.33. The van der Waals surface area contributed by atoms with Crippen LogP contribution in [-0.4, -0.2) is 59.3 Å². The molecule has 150 valence electrons. The SMILES string of the molecule is CC1(C)CCCO[C@H](C(=O)Cl)[C@@H]([C@@H]2OCCCC(C)(C)O[C@H]2C(=O)Cl)O1. The molecule has 0 saturated carbocycles. The van der Waals surface area contributed by atoms with E-state index in [1.165, 1.54) is 0 Å². The molecule has 0 N–H and O–H groups in total. The summed E-state index contributed by atoms with van der Waals surface area (Å²) in [6, 6.07) is 0. The van der Waals surface area contributed by atoms with Gasteiger partial charge in [0, 0.05) is 13.2 Å². The van der Waals surface area contributed by atoms with Crippen LogP contribution in [0.5, 0.6) is 0 Å². The van der Waals surface area contributed by atoms with Crippen molar-refractivity contribution in [2.75, 3.05) is 13.2 Å². The molecule has 0 radical (unpaired) electrons. The monoisotopic (exact) mass is 410 g/mol. The maximum absolute atomic E-state index is 12.1. The van der Waals surface area contributed by atoms with Crippen LogP contribution in [0.4, 0.5) is 0 Å². The molecule has 8 heteroatoms. The van der Waals surface area contributed by atoms with Crippen molar-refractivity contribution in [2.45, 2.75) is 89.0 Å². The van der Waals surface area contributed by atoms with Gasteiger partial charge >= 0.3 is 0 Å². The highest BCUT2D eigenvalue weighted by Gasteiger charge is 2.48. The van der Waals surface area contributed by atoms with E-state index in [4.69, 9.17) is 42.1 Å². The smallest absolute Gasteiger partial charge is 0.253 e. The van der Waals surface area contributed by atoms with E-state index in [-0.39, 0.29) is 0 Å². The van der Waals surface area contributed by atoms with Crippen LogP contribution in [0.1, 0.15) is 53.4 Å². The average Bonchev–Trinajstić information content (AvgIpc) is 2.47. The molecule has 2 rings (SSSR count). The Bertz CT molecular complexity index is 522. The minimum Gasteiger partial charge on any atom is -0.372 e. The molecule has 0 aromatic heterocycles. The Labute approximate surface area is 164 Å². The standard InChI is InChI=1S/C18H28Cl2O6/c1-17(2)7-6-10-24-13(15(19)21)12(25-17)11-14(16(20)22)26-18(3,4)8-5-9-23-11/h11-14H,5-10H2,1-4H3/t11-,12+,13-,14+/m0/s1. The molecule has 2 saturated heterocycles. The zero-order chi connectivity index (χ0) is 19.5. The van der Waals surface area contributed by atoms with E-state index in [0.717, 1.165) is 19.3 Å². The Hall–Kier alpha value is -0.240. The van der Waals surface area contributed by atoms with E-state index in [1.807, 2.05) is 27.7 Å². The Morgan fingerprint density at radius 3 is 1.81 bits per heavy atom. The summed E-state index contributed by atoms with van der Waals surface area (Å²) in [7, 11) is 0. The second-order valence-corrected chi connectivity index (χ2v) is 8.83. The number of rotatable bonds is 3. The molecule has 0 aliphatic carbocycles. The fraction of sp³-hybridized carbons (Fsp3) is 0.889. The van der Waals surface area contributed by atoms with Crippen molar-refractivity contribution in [1.29, 1.82) is 0 Å². The molecule has 2 heterocycles. The van der Waals surface area contributed by atoms with Crippen molar-refractivity contribution in [3.05, 3.63) is 0 Å². The number of carbonyl (C=O) groups is 2. The first kappa shape index (κ1) is 22.1. The van der Waals surface area contributed by atoms with Crippen LogP contribution in [-0.2, 0) is 28.5 Å². The molecule has 26 heavy (non-hydrogen) atoms. The number of hydrogen-bond donors (Lipinski definition) is 0. The summed E-state index contributed by atoms with van der Waals surface area (Å²) in [5.74, 6) is 0. The van der Waals surface area contributed by atoms with Crippen LogP contribution >= 0.6 is 23.2 Å². The van der Waals surface area contributed by atoms with Gasteiger partial charge in [0.25, 0.3) is 10.5 Å². The lowest BCUT2D eigenvalue weighted by Gasteiger charge is -2.43. The quantitative estimate of drug-likeness (QED) is 0.665. The third-order valence-electron chi connectivity index (χ3n) is 4.72. The van der Waals surface area contributed by atoms with Gasteiger partial charge in [-0.05, 0) is 76.6 Å². The first-order valence-corrected chi connectivity index (χ1v) is 9.76. The van der Waals surface area contributed by atoms with Gasteiger partial charge in [0.1, 0.15) is 12.2 Å². The van der Waals surface area contributed by atoms with Crippen molar-refractivity contribution < 1.29 is 28.5 Å². The minimum absolute atomic E-state index is 0.366. The molecule has 0 bridgehead atoms. The Kier molecular flexibility index (Phi) is 7.50. The van der Waals surface area contributed by atoms with Crippen molar-refractivity contribution in [1.82, 2.24) is 0 Å². The van der Waals surface area contributed by atoms with E-state index in [0.29, 0.717) is 19.6 Å². The van der Waals surface area contributed by atoms with E-state index in [9.17, 15) is 9.59 Å². The van der Waals surface area contributed by atoms with Gasteiger partial charge in [-0.1, -0.05) is 0 Å². The maximum Gasteiger partial charge on any atom is 0.253 e. The number of ether oxygens (including phenoxy) is 4. The van der Waals surface area contributed by atoms with Gasteiger partial charge < -0.3 is 18.9 Å². The number of hydrogen-bond acceptors (Lipinski definition) is 6. The molecule has 0 aromatic carbocycles. The van der Waals surface area contributed by atoms with Crippen LogP contribution < -0.4 is 0 Å². The predicted octanol–water partition coefficient (Wildman–Crippen LogP) is 3.20. The van der Waals surface area contributed by atoms with Crippen LogP contribution in [0.25, 0.3) is 0 Å². The lowest BCUT2D eigenvalue weighted by molar-refractivity contribution is -0.234. The summed E-state index contributed by atoms with van der Waals surface area (Å²) in [4.78, 5) is 24.2. The minimum atomic E-state index is -1.09. The van der Waals surface area contributed by atoms with Gasteiger partial charge in [0.2, 0.25) is 0 Å². The van der Waals surface area contributed by atoms with Crippen LogP contribution in [0.15, 0.2) is 0 Å². The third kappa shape index (κ3) is 5.88. The van der Waals surface area contributed by atoms with Gasteiger partial charge in [-0.15, -0.1) is 0 Å². The van der Waals surface area contributed by atoms with Gasteiger partial charge in [0.05, 0.1) is 11.2 Å². The lowest BCUT2D eigenvalue weighted by atomic mass is 9.95. The molecule has 2 aliphatic heterocycles. The van der Waals surface area contributed by atoms with Crippen molar-refractivity contribution in [3.63, 3.8) is 0 Å². The highest BCUT2D eigenvalue weighted by molar-refractivity contribution is 6.65. The van der Waals surface area contributed by atoms with E-state index in [2.05, 4.69) is 0 Å². The Morgan fingerprint density at radius 1 is 0.769 bits per heavy atom. The Morgan fingerprint density at radius 2 is 1.27 bits per heavy atom. The van der Waals surface area contributed by atoms with Crippen LogP contribution in [0.3, 0.4) is 0 Å². The van der Waals surface area contributed by atoms with Gasteiger partial charge in [-0.25, -0.2) is 0 Å². The summed E-state index contributed by atoms with van der Waals surface area (Å²) in [5.41, 5.74) is -1.10. The second-order valence-electron chi connectivity index (χ2n) is 8.08. The maximum atomic E-state index is 12.1. The highest BCUT2D eigenvalue weighted by atomic mass is 35.5. The first-order valence-electron chi connectivity index (χ1n) is 9.00. The normalized spacial score (nSPS) is 35.5. The average molecular weight is 411 g/mol. The van der Waals surface area contributed by atoms with E-state index < -0.39 is 46.1 Å². The molecule has 0 spiro atoms. The fourth-order valence-electron chi connectivity index (χ4n) is 3.44. The number of carbonyl (C=O) groups excluding carboxylic acids is 2. The molecule has 0 aromatic rings. The van der Waals surface area contributed by atoms with Gasteiger partial charge in [0.15, 0.2) is 12.2 Å². The summed E-state index contributed by atoms with van der Waals surface area (Å²) in [6.45, 7) is 8.39. The lowest BCUT2D eigenvalue weighted by Crippen LogP contribution is -2.58. The van der Waals surface area contributed by atoms with Crippen LogP contribution in [0.2, 0.25) is 0 Å². The summed E-state index contributed by atoms with van der Waals surface area (Å²) < 4.78 is 23.7. The van der Waals surface area contributed by atoms with E-state index >= 15 is 0 Å². The Balaban J connectivity index is 2.40. The first-order chi connectivity index (χ1) is 12.0. The molecule has 0 unspecified atom stereocenters. The topological polar surface area (TPSA) is 71.1 Å². The van der Waals surface area contributed by atoms with Crippen molar-refractivity contribution in [2.24, 2.45) is 0 Å². The van der Waals surface area contributed by atoms with Gasteiger partial charge in [-0.2, -0.15) is 0 Å². The molecule has 2 aliphatic rings. The zero-order valence-corrected chi connectivity index (χ0v) is 17.3. The molecular formula is C18H28Cl2O6. The summed E-state index contributed by atoms with van der Waals surface area (Å²) in [5, 5.41) is -1.40. The molecule has 6 nitrogen and oxygen atoms in total. The second kappa shape index (κ2) is 8.84. The molecular weight excluding hydrogens is 383 g/mol. The largest absolute Gasteiger partial charge is 0.372 e. The van der Waals surface area contributed by atoms with Gasteiger partial charge in [-0.3, -0.25) is 9.59 Å². The summed E-state index contributed by atoms with van der Waals surface area (Å²) in [6.07, 6.45) is -1.05. The molecule has 2 fully saturated rings. The van der Waals surface area contributed by atoms with E-state index in [1.54, 1.807) is 0 Å². The van der Waals surface area contributed by atoms with Crippen molar-refractivity contribution >= 4 is 33.7 Å². The zero-order valence-electron chi connectivity index (χ0n) is 15.8. The third-order valence-corrected chi connectivity index (χ3v) is 5.15. The molecule has 4 atom stereocenters. The van der Waals surface area contributed by atoms with Crippen molar-refractivity contribution in [3.8, 4) is 0 Å². The van der Waals surface area contributed by atoms with Crippen LogP contribution in [0, 0.1) is 0 Å². The fourth-order valence-corrected chi connectivity index (χ4v) is 3.80.